The van der Waals surface area contributed by atoms with Crippen LogP contribution in [0.15, 0.2) is 29.3 Å². The normalized spacial score (nSPS) is 19.5. The second-order valence-corrected chi connectivity index (χ2v) is 6.58. The smallest absolute Gasteiger partial charge is 0.273 e. The van der Waals surface area contributed by atoms with Gasteiger partial charge in [0.25, 0.3) is 11.8 Å². The number of carbonyl (C=O) groups excluding carboxylic acids is 2. The molecule has 0 N–H and O–H groups in total. The van der Waals surface area contributed by atoms with E-state index in [4.69, 9.17) is 27.9 Å². The van der Waals surface area contributed by atoms with Crippen LogP contribution < -0.4 is 0 Å². The van der Waals surface area contributed by atoms with Crippen molar-refractivity contribution in [1.29, 1.82) is 0 Å². The molecule has 2 aliphatic rings. The van der Waals surface area contributed by atoms with Gasteiger partial charge in [0.2, 0.25) is 0 Å². The predicted octanol–water partition coefficient (Wildman–Crippen LogP) is 2.38. The summed E-state index contributed by atoms with van der Waals surface area (Å²) in [5, 5.41) is 0.545. The fraction of sp³-hybridized carbons (Fsp3) is 0.412. The van der Waals surface area contributed by atoms with E-state index in [0.29, 0.717) is 17.1 Å². The molecule has 2 aliphatic heterocycles. The van der Waals surface area contributed by atoms with Crippen LogP contribution in [0.25, 0.3) is 5.57 Å². The maximum absolute atomic E-state index is 12.6. The Bertz CT molecular complexity index is 667. The van der Waals surface area contributed by atoms with E-state index in [1.165, 1.54) is 4.90 Å². The van der Waals surface area contributed by atoms with Gasteiger partial charge in [-0.25, -0.2) is 0 Å². The van der Waals surface area contributed by atoms with E-state index in [-0.39, 0.29) is 16.5 Å². The van der Waals surface area contributed by atoms with Crippen molar-refractivity contribution in [3.63, 3.8) is 0 Å². The van der Waals surface area contributed by atoms with Crippen molar-refractivity contribution in [3.8, 4) is 0 Å². The van der Waals surface area contributed by atoms with E-state index in [9.17, 15) is 9.59 Å². The molecule has 1 aromatic rings. The molecule has 2 heterocycles. The third-order valence-electron chi connectivity index (χ3n) is 4.20. The van der Waals surface area contributed by atoms with Crippen LogP contribution in [0, 0.1) is 0 Å². The summed E-state index contributed by atoms with van der Waals surface area (Å²) in [6.07, 6.45) is 0.718. The molecule has 1 saturated heterocycles. The first-order valence-corrected chi connectivity index (χ1v) is 8.65. The van der Waals surface area contributed by atoms with Gasteiger partial charge in [-0.3, -0.25) is 19.4 Å². The standard InChI is InChI=1S/C17H18Cl2N2O3/c18-13-4-2-12(3-5-13)14-15(19)17(23)21(16(14)22)7-1-6-20-8-10-24-11-9-20/h2-5H,1,6-11H2. The number of rotatable bonds is 5. The quantitative estimate of drug-likeness (QED) is 0.748. The lowest BCUT2D eigenvalue weighted by Gasteiger charge is -2.27. The second-order valence-electron chi connectivity index (χ2n) is 5.77. The summed E-state index contributed by atoms with van der Waals surface area (Å²) < 4.78 is 5.31. The Balaban J connectivity index is 1.63. The molecule has 24 heavy (non-hydrogen) atoms. The summed E-state index contributed by atoms with van der Waals surface area (Å²) in [5.74, 6) is -0.761. The average Bonchev–Trinajstić information content (AvgIpc) is 2.80. The molecule has 0 aromatic heterocycles. The first-order chi connectivity index (χ1) is 11.6. The molecule has 0 radical (unpaired) electrons. The van der Waals surface area contributed by atoms with Crippen LogP contribution in [0.3, 0.4) is 0 Å². The van der Waals surface area contributed by atoms with Crippen LogP contribution in [-0.4, -0.2) is 61.0 Å². The third-order valence-corrected chi connectivity index (χ3v) is 4.81. The topological polar surface area (TPSA) is 49.9 Å². The van der Waals surface area contributed by atoms with Gasteiger partial charge in [-0.05, 0) is 24.1 Å². The molecule has 0 atom stereocenters. The van der Waals surface area contributed by atoms with Crippen molar-refractivity contribution in [2.75, 3.05) is 39.4 Å². The predicted molar refractivity (Wildman–Crippen MR) is 92.8 cm³/mol. The molecule has 0 aliphatic carbocycles. The SMILES string of the molecule is O=C1C(Cl)=C(c2ccc(Cl)cc2)C(=O)N1CCCN1CCOCC1. The highest BCUT2D eigenvalue weighted by Gasteiger charge is 2.37. The zero-order valence-electron chi connectivity index (χ0n) is 13.1. The van der Waals surface area contributed by atoms with Crippen LogP contribution in [0.5, 0.6) is 0 Å². The number of amides is 2. The lowest BCUT2D eigenvalue weighted by molar-refractivity contribution is -0.136. The van der Waals surface area contributed by atoms with E-state index in [0.717, 1.165) is 39.3 Å². The van der Waals surface area contributed by atoms with Gasteiger partial charge in [-0.2, -0.15) is 0 Å². The van der Waals surface area contributed by atoms with Crippen LogP contribution in [0.1, 0.15) is 12.0 Å². The second kappa shape index (κ2) is 7.66. The first-order valence-electron chi connectivity index (χ1n) is 7.90. The van der Waals surface area contributed by atoms with Gasteiger partial charge in [-0.1, -0.05) is 35.3 Å². The molecule has 2 amide bonds. The summed E-state index contributed by atoms with van der Waals surface area (Å²) in [7, 11) is 0. The molecule has 0 bridgehead atoms. The van der Waals surface area contributed by atoms with Crippen LogP contribution in [0.4, 0.5) is 0 Å². The Morgan fingerprint density at radius 1 is 0.958 bits per heavy atom. The third kappa shape index (κ3) is 3.64. The van der Waals surface area contributed by atoms with Gasteiger partial charge in [0, 0.05) is 31.2 Å². The van der Waals surface area contributed by atoms with Gasteiger partial charge in [-0.15, -0.1) is 0 Å². The van der Waals surface area contributed by atoms with Crippen molar-refractivity contribution in [2.45, 2.75) is 6.42 Å². The Kier molecular flexibility index (Phi) is 5.56. The lowest BCUT2D eigenvalue weighted by Crippen LogP contribution is -2.39. The summed E-state index contributed by atoms with van der Waals surface area (Å²) in [4.78, 5) is 28.4. The zero-order valence-corrected chi connectivity index (χ0v) is 14.6. The molecule has 3 rings (SSSR count). The van der Waals surface area contributed by atoms with Crippen LogP contribution in [-0.2, 0) is 14.3 Å². The number of morpholine rings is 1. The highest BCUT2D eigenvalue weighted by atomic mass is 35.5. The molecule has 1 fully saturated rings. The van der Waals surface area contributed by atoms with Crippen molar-refractivity contribution < 1.29 is 14.3 Å². The van der Waals surface area contributed by atoms with E-state index in [2.05, 4.69) is 4.90 Å². The fourth-order valence-electron chi connectivity index (χ4n) is 2.89. The number of ether oxygens (including phenoxy) is 1. The van der Waals surface area contributed by atoms with Gasteiger partial charge >= 0.3 is 0 Å². The highest BCUT2D eigenvalue weighted by Crippen LogP contribution is 2.32. The van der Waals surface area contributed by atoms with Crippen molar-refractivity contribution in [1.82, 2.24) is 9.80 Å². The molecular formula is C17H18Cl2N2O3. The van der Waals surface area contributed by atoms with Gasteiger partial charge < -0.3 is 4.74 Å². The lowest BCUT2D eigenvalue weighted by atomic mass is 10.1. The number of hydrogen-bond donors (Lipinski definition) is 0. The number of benzene rings is 1. The molecular weight excluding hydrogens is 351 g/mol. The summed E-state index contributed by atoms with van der Waals surface area (Å²) in [6.45, 7) is 4.43. The number of halogens is 2. The minimum absolute atomic E-state index is 0.0197. The van der Waals surface area contributed by atoms with Crippen LogP contribution in [0.2, 0.25) is 5.02 Å². The number of hydrogen-bond acceptors (Lipinski definition) is 4. The Morgan fingerprint density at radius 3 is 2.29 bits per heavy atom. The van der Waals surface area contributed by atoms with Gasteiger partial charge in [0.05, 0.1) is 18.8 Å². The summed E-state index contributed by atoms with van der Waals surface area (Å²) >= 11 is 12.0. The first kappa shape index (κ1) is 17.4. The largest absolute Gasteiger partial charge is 0.379 e. The van der Waals surface area contributed by atoms with E-state index in [1.807, 2.05) is 0 Å². The van der Waals surface area contributed by atoms with Crippen LogP contribution >= 0.6 is 23.2 Å². The van der Waals surface area contributed by atoms with Crippen molar-refractivity contribution >= 4 is 40.6 Å². The summed E-state index contributed by atoms with van der Waals surface area (Å²) in [6, 6.07) is 6.74. The van der Waals surface area contributed by atoms with E-state index < -0.39 is 5.91 Å². The van der Waals surface area contributed by atoms with Gasteiger partial charge in [0.1, 0.15) is 5.03 Å². The Morgan fingerprint density at radius 2 is 1.62 bits per heavy atom. The number of nitrogens with zero attached hydrogens (tertiary/aromatic N) is 2. The maximum Gasteiger partial charge on any atom is 0.273 e. The van der Waals surface area contributed by atoms with Crippen molar-refractivity contribution in [3.05, 3.63) is 39.9 Å². The minimum atomic E-state index is -0.423. The minimum Gasteiger partial charge on any atom is -0.379 e. The number of imide groups is 1. The molecule has 0 unspecified atom stereocenters. The van der Waals surface area contributed by atoms with E-state index >= 15 is 0 Å². The molecule has 5 nitrogen and oxygen atoms in total. The Hall–Kier alpha value is -1.40. The summed E-state index contributed by atoms with van der Waals surface area (Å²) in [5.41, 5.74) is 0.864. The molecule has 128 valence electrons. The van der Waals surface area contributed by atoms with Gasteiger partial charge in [0.15, 0.2) is 0 Å². The Labute approximate surface area is 150 Å². The molecule has 7 heteroatoms. The fourth-order valence-corrected chi connectivity index (χ4v) is 3.31. The maximum atomic E-state index is 12.6. The van der Waals surface area contributed by atoms with Crippen molar-refractivity contribution in [2.24, 2.45) is 0 Å². The highest BCUT2D eigenvalue weighted by molar-refractivity contribution is 6.55. The average molecular weight is 369 g/mol. The van der Waals surface area contributed by atoms with E-state index in [1.54, 1.807) is 24.3 Å². The zero-order chi connectivity index (χ0) is 17.1. The molecule has 0 spiro atoms. The number of carbonyl (C=O) groups is 2. The monoisotopic (exact) mass is 368 g/mol. The molecule has 0 saturated carbocycles. The molecule has 1 aromatic carbocycles.